The maximum Gasteiger partial charge on any atom is 0.218 e. The highest BCUT2D eigenvalue weighted by molar-refractivity contribution is 6.35. The van der Waals surface area contributed by atoms with Crippen LogP contribution in [-0.2, 0) is 0 Å². The van der Waals surface area contributed by atoms with E-state index >= 15 is 0 Å². The molecule has 2 aromatic rings. The maximum absolute atomic E-state index is 10.5. The Bertz CT molecular complexity index is 488. The number of halogens is 1. The van der Waals surface area contributed by atoms with Gasteiger partial charge in [0, 0.05) is 5.56 Å². The highest BCUT2D eigenvalue weighted by Crippen LogP contribution is 2.29. The van der Waals surface area contributed by atoms with Crippen molar-refractivity contribution in [2.24, 2.45) is 0 Å². The van der Waals surface area contributed by atoms with Gasteiger partial charge in [-0.3, -0.25) is 4.79 Å². The van der Waals surface area contributed by atoms with Gasteiger partial charge in [-0.25, -0.2) is 0 Å². The zero-order chi connectivity index (χ0) is 10.8. The zero-order valence-corrected chi connectivity index (χ0v) is 8.78. The number of nitrogens with zero attached hydrogens (tertiary/aromatic N) is 1. The van der Waals surface area contributed by atoms with Crippen molar-refractivity contribution in [3.63, 3.8) is 0 Å². The number of hydrogen-bond acceptors (Lipinski definition) is 3. The van der Waals surface area contributed by atoms with E-state index in [4.69, 9.17) is 16.1 Å². The SMILES string of the molecule is Cc1ccc(-c2noc(C=O)c2Cl)cc1. The van der Waals surface area contributed by atoms with Gasteiger partial charge in [0.05, 0.1) is 0 Å². The molecule has 0 aliphatic carbocycles. The number of carbonyl (C=O) groups is 1. The van der Waals surface area contributed by atoms with Crippen LogP contribution in [-0.4, -0.2) is 11.4 Å². The summed E-state index contributed by atoms with van der Waals surface area (Å²) in [7, 11) is 0. The van der Waals surface area contributed by atoms with Crippen molar-refractivity contribution in [2.75, 3.05) is 0 Å². The van der Waals surface area contributed by atoms with E-state index in [9.17, 15) is 4.79 Å². The monoisotopic (exact) mass is 221 g/mol. The van der Waals surface area contributed by atoms with E-state index in [1.807, 2.05) is 31.2 Å². The Morgan fingerprint density at radius 2 is 2.00 bits per heavy atom. The first kappa shape index (κ1) is 9.93. The van der Waals surface area contributed by atoms with E-state index in [0.29, 0.717) is 12.0 Å². The van der Waals surface area contributed by atoms with Gasteiger partial charge >= 0.3 is 0 Å². The molecule has 1 heterocycles. The summed E-state index contributed by atoms with van der Waals surface area (Å²) >= 11 is 5.91. The van der Waals surface area contributed by atoms with E-state index < -0.39 is 0 Å². The third-order valence-corrected chi connectivity index (χ3v) is 2.46. The van der Waals surface area contributed by atoms with Crippen molar-refractivity contribution >= 4 is 17.9 Å². The van der Waals surface area contributed by atoms with Crippen LogP contribution in [0.15, 0.2) is 28.8 Å². The second-order valence-corrected chi connectivity index (χ2v) is 3.57. The molecule has 0 fully saturated rings. The second kappa shape index (κ2) is 3.87. The van der Waals surface area contributed by atoms with Gasteiger partial charge < -0.3 is 4.52 Å². The van der Waals surface area contributed by atoms with Crippen LogP contribution >= 0.6 is 11.6 Å². The molecule has 0 N–H and O–H groups in total. The van der Waals surface area contributed by atoms with Gasteiger partial charge in [-0.05, 0) is 6.92 Å². The third kappa shape index (κ3) is 1.78. The number of aryl methyl sites for hydroxylation is 1. The van der Waals surface area contributed by atoms with Gasteiger partial charge in [-0.1, -0.05) is 46.6 Å². The van der Waals surface area contributed by atoms with Crippen LogP contribution in [0.3, 0.4) is 0 Å². The predicted octanol–water partition coefficient (Wildman–Crippen LogP) is 3.12. The minimum absolute atomic E-state index is 0.0623. The molecule has 0 saturated heterocycles. The molecule has 1 aromatic carbocycles. The molecule has 1 aromatic heterocycles. The number of rotatable bonds is 2. The number of aldehydes is 1. The van der Waals surface area contributed by atoms with Gasteiger partial charge in [0.15, 0.2) is 6.29 Å². The fourth-order valence-electron chi connectivity index (χ4n) is 1.26. The summed E-state index contributed by atoms with van der Waals surface area (Å²) in [4.78, 5) is 10.5. The topological polar surface area (TPSA) is 43.1 Å². The molecule has 0 unspecified atom stereocenters. The van der Waals surface area contributed by atoms with Crippen LogP contribution < -0.4 is 0 Å². The van der Waals surface area contributed by atoms with E-state index in [0.717, 1.165) is 11.1 Å². The molecule has 0 amide bonds. The molecule has 3 nitrogen and oxygen atoms in total. The van der Waals surface area contributed by atoms with Crippen molar-refractivity contribution < 1.29 is 9.32 Å². The highest BCUT2D eigenvalue weighted by atomic mass is 35.5. The average Bonchev–Trinajstić information content (AvgIpc) is 2.61. The maximum atomic E-state index is 10.5. The van der Waals surface area contributed by atoms with E-state index in [1.165, 1.54) is 0 Å². The van der Waals surface area contributed by atoms with Crippen molar-refractivity contribution in [1.82, 2.24) is 5.16 Å². The highest BCUT2D eigenvalue weighted by Gasteiger charge is 2.14. The number of carbonyl (C=O) groups excluding carboxylic acids is 1. The standard InChI is InChI=1S/C11H8ClNO2/c1-7-2-4-8(5-3-7)11-10(12)9(6-14)15-13-11/h2-6H,1H3. The summed E-state index contributed by atoms with van der Waals surface area (Å²) in [5.74, 6) is 0.0623. The number of aromatic nitrogens is 1. The molecule has 76 valence electrons. The Morgan fingerprint density at radius 1 is 1.33 bits per heavy atom. The molecular formula is C11H8ClNO2. The minimum Gasteiger partial charge on any atom is -0.351 e. The summed E-state index contributed by atoms with van der Waals surface area (Å²) in [6, 6.07) is 7.66. The van der Waals surface area contributed by atoms with Crippen LogP contribution in [0.4, 0.5) is 0 Å². The Labute approximate surface area is 91.6 Å². The van der Waals surface area contributed by atoms with Crippen LogP contribution in [0.5, 0.6) is 0 Å². The van der Waals surface area contributed by atoms with Crippen molar-refractivity contribution in [2.45, 2.75) is 6.92 Å². The Morgan fingerprint density at radius 3 is 2.53 bits per heavy atom. The Balaban J connectivity index is 2.49. The van der Waals surface area contributed by atoms with Crippen molar-refractivity contribution in [3.8, 4) is 11.3 Å². The summed E-state index contributed by atoms with van der Waals surface area (Å²) in [5, 5.41) is 4.01. The first-order chi connectivity index (χ1) is 7.22. The second-order valence-electron chi connectivity index (χ2n) is 3.19. The van der Waals surface area contributed by atoms with E-state index in [1.54, 1.807) is 0 Å². The Hall–Kier alpha value is -1.61. The fourth-order valence-corrected chi connectivity index (χ4v) is 1.48. The first-order valence-corrected chi connectivity index (χ1v) is 4.77. The van der Waals surface area contributed by atoms with Crippen LogP contribution in [0.25, 0.3) is 11.3 Å². The lowest BCUT2D eigenvalue weighted by atomic mass is 10.1. The molecule has 0 aliphatic rings. The Kier molecular flexibility index (Phi) is 2.56. The largest absolute Gasteiger partial charge is 0.351 e. The summed E-state index contributed by atoms with van der Waals surface area (Å²) in [6.45, 7) is 1.99. The molecule has 15 heavy (non-hydrogen) atoms. The summed E-state index contributed by atoms with van der Waals surface area (Å²) < 4.78 is 4.78. The molecule has 0 aliphatic heterocycles. The van der Waals surface area contributed by atoms with Crippen molar-refractivity contribution in [3.05, 3.63) is 40.6 Å². The normalized spacial score (nSPS) is 10.3. The average molecular weight is 222 g/mol. The smallest absolute Gasteiger partial charge is 0.218 e. The van der Waals surface area contributed by atoms with Crippen LogP contribution in [0.2, 0.25) is 5.02 Å². The summed E-state index contributed by atoms with van der Waals surface area (Å²) in [5.41, 5.74) is 2.48. The summed E-state index contributed by atoms with van der Waals surface area (Å²) in [6.07, 6.45) is 0.549. The molecular weight excluding hydrogens is 214 g/mol. The lowest BCUT2D eigenvalue weighted by Gasteiger charge is -1.96. The fraction of sp³-hybridized carbons (Fsp3) is 0.0909. The van der Waals surface area contributed by atoms with Gasteiger partial charge in [0.25, 0.3) is 0 Å². The zero-order valence-electron chi connectivity index (χ0n) is 8.03. The lowest BCUT2D eigenvalue weighted by molar-refractivity contribution is 0.109. The van der Waals surface area contributed by atoms with Gasteiger partial charge in [-0.15, -0.1) is 0 Å². The van der Waals surface area contributed by atoms with Crippen LogP contribution in [0, 0.1) is 6.92 Å². The van der Waals surface area contributed by atoms with Gasteiger partial charge in [0.1, 0.15) is 10.7 Å². The third-order valence-electron chi connectivity index (χ3n) is 2.09. The molecule has 0 atom stereocenters. The minimum atomic E-state index is 0.0623. The molecule has 2 rings (SSSR count). The van der Waals surface area contributed by atoms with Crippen LogP contribution in [0.1, 0.15) is 16.1 Å². The molecule has 4 heteroatoms. The van der Waals surface area contributed by atoms with Gasteiger partial charge in [0.2, 0.25) is 5.76 Å². The quantitative estimate of drug-likeness (QED) is 0.732. The lowest BCUT2D eigenvalue weighted by Crippen LogP contribution is -1.79. The first-order valence-electron chi connectivity index (χ1n) is 4.40. The van der Waals surface area contributed by atoms with Crippen molar-refractivity contribution in [1.29, 1.82) is 0 Å². The molecule has 0 saturated carbocycles. The number of benzene rings is 1. The predicted molar refractivity (Wildman–Crippen MR) is 57.1 cm³/mol. The molecule has 0 radical (unpaired) electrons. The number of hydrogen-bond donors (Lipinski definition) is 0. The van der Waals surface area contributed by atoms with Gasteiger partial charge in [-0.2, -0.15) is 0 Å². The molecule has 0 bridgehead atoms. The van der Waals surface area contributed by atoms with E-state index in [-0.39, 0.29) is 10.8 Å². The molecule has 0 spiro atoms. The van der Waals surface area contributed by atoms with E-state index in [2.05, 4.69) is 5.16 Å².